The topological polar surface area (TPSA) is 34.3 Å². The minimum atomic E-state index is 0.486. The van der Waals surface area contributed by atoms with Crippen LogP contribution in [0.5, 0.6) is 0 Å². The standard InChI is InChI=1S/C11H14N2/c1-8-5-3-4-6-10(8)12-7-11-9(2)13-11/h3-7,9,11,13H,1-2H3. The van der Waals surface area contributed by atoms with Crippen LogP contribution < -0.4 is 5.32 Å². The van der Waals surface area contributed by atoms with E-state index in [0.717, 1.165) is 5.69 Å². The Morgan fingerprint density at radius 3 is 2.69 bits per heavy atom. The Labute approximate surface area is 78.7 Å². The van der Waals surface area contributed by atoms with Gasteiger partial charge in [0.05, 0.1) is 11.7 Å². The smallest absolute Gasteiger partial charge is 0.0655 e. The maximum atomic E-state index is 4.43. The molecule has 0 radical (unpaired) electrons. The number of nitrogens with zero attached hydrogens (tertiary/aromatic N) is 1. The van der Waals surface area contributed by atoms with Gasteiger partial charge in [-0.05, 0) is 25.5 Å². The Bertz CT molecular complexity index is 331. The normalized spacial score (nSPS) is 26.6. The van der Waals surface area contributed by atoms with Crippen LogP contribution in [-0.2, 0) is 0 Å². The molecular weight excluding hydrogens is 160 g/mol. The van der Waals surface area contributed by atoms with Gasteiger partial charge in [0.2, 0.25) is 0 Å². The predicted octanol–water partition coefficient (Wildman–Crippen LogP) is 2.06. The van der Waals surface area contributed by atoms with E-state index in [1.54, 1.807) is 0 Å². The van der Waals surface area contributed by atoms with Crippen molar-refractivity contribution in [2.45, 2.75) is 25.9 Å². The van der Waals surface area contributed by atoms with Crippen LogP contribution in [-0.4, -0.2) is 18.3 Å². The van der Waals surface area contributed by atoms with Gasteiger partial charge in [0.1, 0.15) is 0 Å². The van der Waals surface area contributed by atoms with Crippen molar-refractivity contribution in [3.63, 3.8) is 0 Å². The number of para-hydroxylation sites is 1. The van der Waals surface area contributed by atoms with E-state index >= 15 is 0 Å². The molecule has 1 N–H and O–H groups in total. The van der Waals surface area contributed by atoms with Crippen molar-refractivity contribution >= 4 is 11.9 Å². The van der Waals surface area contributed by atoms with Crippen LogP contribution in [0.4, 0.5) is 5.69 Å². The lowest BCUT2D eigenvalue weighted by atomic mass is 10.2. The number of benzene rings is 1. The van der Waals surface area contributed by atoms with Crippen LogP contribution in [0.25, 0.3) is 0 Å². The maximum absolute atomic E-state index is 4.43. The van der Waals surface area contributed by atoms with Gasteiger partial charge in [-0.25, -0.2) is 0 Å². The number of hydrogen-bond donors (Lipinski definition) is 1. The van der Waals surface area contributed by atoms with Gasteiger partial charge in [0.15, 0.2) is 0 Å². The van der Waals surface area contributed by atoms with Gasteiger partial charge in [-0.1, -0.05) is 18.2 Å². The van der Waals surface area contributed by atoms with Gasteiger partial charge in [-0.3, -0.25) is 4.99 Å². The molecule has 0 bridgehead atoms. The summed E-state index contributed by atoms with van der Waals surface area (Å²) in [6.07, 6.45) is 1.99. The summed E-state index contributed by atoms with van der Waals surface area (Å²) in [6.45, 7) is 4.24. The SMILES string of the molecule is Cc1ccccc1N=CC1NC1C. The Hall–Kier alpha value is -1.15. The van der Waals surface area contributed by atoms with E-state index in [4.69, 9.17) is 0 Å². The molecule has 1 aliphatic rings. The summed E-state index contributed by atoms with van der Waals surface area (Å²) in [5, 5.41) is 3.27. The van der Waals surface area contributed by atoms with Crippen molar-refractivity contribution < 1.29 is 0 Å². The van der Waals surface area contributed by atoms with E-state index in [-0.39, 0.29) is 0 Å². The quantitative estimate of drug-likeness (QED) is 0.540. The van der Waals surface area contributed by atoms with E-state index in [1.165, 1.54) is 5.56 Å². The molecule has 0 saturated carbocycles. The zero-order valence-corrected chi connectivity index (χ0v) is 7.99. The first-order chi connectivity index (χ1) is 6.27. The number of hydrogen-bond acceptors (Lipinski definition) is 2. The monoisotopic (exact) mass is 174 g/mol. The largest absolute Gasteiger partial charge is 0.303 e. The fraction of sp³-hybridized carbons (Fsp3) is 0.364. The highest BCUT2D eigenvalue weighted by molar-refractivity contribution is 5.73. The summed E-state index contributed by atoms with van der Waals surface area (Å²) in [4.78, 5) is 4.43. The van der Waals surface area contributed by atoms with E-state index in [1.807, 2.05) is 24.4 Å². The van der Waals surface area contributed by atoms with Crippen LogP contribution in [0.3, 0.4) is 0 Å². The van der Waals surface area contributed by atoms with Crippen LogP contribution in [0.15, 0.2) is 29.3 Å². The molecule has 1 aliphatic heterocycles. The second kappa shape index (κ2) is 3.30. The van der Waals surface area contributed by atoms with Crippen molar-refractivity contribution in [3.05, 3.63) is 29.8 Å². The summed E-state index contributed by atoms with van der Waals surface area (Å²) < 4.78 is 0. The van der Waals surface area contributed by atoms with E-state index < -0.39 is 0 Å². The zero-order valence-electron chi connectivity index (χ0n) is 7.99. The fourth-order valence-electron chi connectivity index (χ4n) is 1.29. The van der Waals surface area contributed by atoms with E-state index in [9.17, 15) is 0 Å². The van der Waals surface area contributed by atoms with Crippen LogP contribution in [0, 0.1) is 6.92 Å². The van der Waals surface area contributed by atoms with Gasteiger partial charge >= 0.3 is 0 Å². The average molecular weight is 174 g/mol. The highest BCUT2D eigenvalue weighted by Gasteiger charge is 2.28. The van der Waals surface area contributed by atoms with Crippen LogP contribution >= 0.6 is 0 Å². The number of aryl methyl sites for hydroxylation is 1. The van der Waals surface area contributed by atoms with Crippen LogP contribution in [0.2, 0.25) is 0 Å². The van der Waals surface area contributed by atoms with Crippen molar-refractivity contribution in [2.24, 2.45) is 4.99 Å². The van der Waals surface area contributed by atoms with E-state index in [0.29, 0.717) is 12.1 Å². The molecule has 0 aromatic heterocycles. The molecule has 0 spiro atoms. The zero-order chi connectivity index (χ0) is 9.26. The Morgan fingerprint density at radius 2 is 2.08 bits per heavy atom. The lowest BCUT2D eigenvalue weighted by Crippen LogP contribution is -1.91. The molecule has 1 aromatic rings. The van der Waals surface area contributed by atoms with Crippen molar-refractivity contribution in [1.82, 2.24) is 5.32 Å². The molecular formula is C11H14N2. The maximum Gasteiger partial charge on any atom is 0.0655 e. The first-order valence-electron chi connectivity index (χ1n) is 4.63. The predicted molar refractivity (Wildman–Crippen MR) is 55.7 cm³/mol. The molecule has 2 heteroatoms. The first kappa shape index (κ1) is 8.45. The van der Waals surface area contributed by atoms with Gasteiger partial charge in [0, 0.05) is 12.3 Å². The minimum Gasteiger partial charge on any atom is -0.303 e. The Balaban J connectivity index is 2.09. The highest BCUT2D eigenvalue weighted by Crippen LogP contribution is 2.17. The van der Waals surface area contributed by atoms with Gasteiger partial charge in [-0.15, -0.1) is 0 Å². The van der Waals surface area contributed by atoms with Crippen molar-refractivity contribution in [3.8, 4) is 0 Å². The van der Waals surface area contributed by atoms with Crippen LogP contribution in [0.1, 0.15) is 12.5 Å². The lowest BCUT2D eigenvalue weighted by molar-refractivity contribution is 1.09. The van der Waals surface area contributed by atoms with Crippen molar-refractivity contribution in [1.29, 1.82) is 0 Å². The van der Waals surface area contributed by atoms with Crippen molar-refractivity contribution in [2.75, 3.05) is 0 Å². The number of nitrogens with one attached hydrogen (secondary N) is 1. The molecule has 1 aromatic carbocycles. The third-order valence-electron chi connectivity index (χ3n) is 2.37. The van der Waals surface area contributed by atoms with Gasteiger partial charge < -0.3 is 5.32 Å². The summed E-state index contributed by atoms with van der Waals surface area (Å²) in [6, 6.07) is 9.26. The molecule has 2 atom stereocenters. The summed E-state index contributed by atoms with van der Waals surface area (Å²) in [5.74, 6) is 0. The molecule has 2 rings (SSSR count). The average Bonchev–Trinajstić information content (AvgIpc) is 2.81. The summed E-state index contributed by atoms with van der Waals surface area (Å²) >= 11 is 0. The summed E-state index contributed by atoms with van der Waals surface area (Å²) in [7, 11) is 0. The third-order valence-corrected chi connectivity index (χ3v) is 2.37. The fourth-order valence-corrected chi connectivity index (χ4v) is 1.29. The molecule has 1 saturated heterocycles. The third kappa shape index (κ3) is 1.95. The van der Waals surface area contributed by atoms with Gasteiger partial charge in [-0.2, -0.15) is 0 Å². The summed E-state index contributed by atoms with van der Waals surface area (Å²) in [5.41, 5.74) is 2.30. The number of rotatable bonds is 2. The molecule has 1 heterocycles. The molecule has 2 nitrogen and oxygen atoms in total. The number of aliphatic imine (C=N–C) groups is 1. The Morgan fingerprint density at radius 1 is 1.38 bits per heavy atom. The van der Waals surface area contributed by atoms with E-state index in [2.05, 4.69) is 30.2 Å². The first-order valence-corrected chi connectivity index (χ1v) is 4.63. The Kier molecular flexibility index (Phi) is 2.15. The molecule has 68 valence electrons. The minimum absolute atomic E-state index is 0.486. The second-order valence-electron chi connectivity index (χ2n) is 3.55. The molecule has 13 heavy (non-hydrogen) atoms. The molecule has 2 unspecified atom stereocenters. The highest BCUT2D eigenvalue weighted by atomic mass is 15.1. The van der Waals surface area contributed by atoms with Gasteiger partial charge in [0.25, 0.3) is 0 Å². The second-order valence-corrected chi connectivity index (χ2v) is 3.55. The molecule has 0 aliphatic carbocycles. The molecule has 0 amide bonds. The lowest BCUT2D eigenvalue weighted by Gasteiger charge is -1.96. The molecule has 1 fully saturated rings.